The Kier molecular flexibility index (Phi) is 5.28. The molecule has 0 saturated carbocycles. The van der Waals surface area contributed by atoms with Crippen molar-refractivity contribution in [2.24, 2.45) is 5.73 Å². The minimum absolute atomic E-state index is 0.0109. The molecule has 0 radical (unpaired) electrons. The highest BCUT2D eigenvalue weighted by molar-refractivity contribution is 4.99. The second-order valence-corrected chi connectivity index (χ2v) is 5.32. The van der Waals surface area contributed by atoms with E-state index in [1.807, 2.05) is 4.68 Å². The molecule has 0 spiro atoms. The Balaban J connectivity index is 2.79. The largest absolute Gasteiger partial charge is 0.326 e. The fourth-order valence-electron chi connectivity index (χ4n) is 2.17. The van der Waals surface area contributed by atoms with Crippen LogP contribution in [0.5, 0.6) is 0 Å². The third kappa shape index (κ3) is 3.09. The summed E-state index contributed by atoms with van der Waals surface area (Å²) in [7, 11) is 4.17. The SMILES string of the molecule is CCCn1ncnc1CC(N)C(C)(CC)N(C)C. The standard InChI is InChI=1S/C13H27N5/c1-6-8-18-12(15-10-16-18)9-11(14)13(3,7-2)17(4)5/h10-11H,6-9,14H2,1-5H3. The monoisotopic (exact) mass is 253 g/mol. The molecule has 5 heteroatoms. The molecule has 0 aliphatic carbocycles. The highest BCUT2D eigenvalue weighted by Crippen LogP contribution is 2.21. The maximum atomic E-state index is 6.40. The molecule has 0 saturated heterocycles. The van der Waals surface area contributed by atoms with Gasteiger partial charge in [-0.1, -0.05) is 13.8 Å². The molecule has 1 heterocycles. The Morgan fingerprint density at radius 3 is 2.61 bits per heavy atom. The lowest BCUT2D eigenvalue weighted by molar-refractivity contribution is 0.130. The van der Waals surface area contributed by atoms with E-state index in [1.165, 1.54) is 0 Å². The summed E-state index contributed by atoms with van der Waals surface area (Å²) in [4.78, 5) is 6.54. The van der Waals surface area contributed by atoms with Crippen LogP contribution in [0, 0.1) is 0 Å². The zero-order valence-electron chi connectivity index (χ0n) is 12.3. The fraction of sp³-hybridized carbons (Fsp3) is 0.846. The average Bonchev–Trinajstić information content (AvgIpc) is 2.75. The number of rotatable bonds is 7. The van der Waals surface area contributed by atoms with Crippen LogP contribution in [0.25, 0.3) is 0 Å². The van der Waals surface area contributed by atoms with Crippen molar-refractivity contribution in [3.05, 3.63) is 12.2 Å². The van der Waals surface area contributed by atoms with Gasteiger partial charge in [-0.2, -0.15) is 5.10 Å². The van der Waals surface area contributed by atoms with E-state index in [2.05, 4.69) is 49.8 Å². The smallest absolute Gasteiger partial charge is 0.138 e. The van der Waals surface area contributed by atoms with Crippen LogP contribution in [0.4, 0.5) is 0 Å². The van der Waals surface area contributed by atoms with Crippen molar-refractivity contribution in [3.63, 3.8) is 0 Å². The normalized spacial score (nSPS) is 16.8. The number of aryl methyl sites for hydroxylation is 1. The zero-order valence-corrected chi connectivity index (χ0v) is 12.3. The Morgan fingerprint density at radius 1 is 1.44 bits per heavy atom. The summed E-state index contributed by atoms with van der Waals surface area (Å²) in [5.74, 6) is 0.992. The lowest BCUT2D eigenvalue weighted by atomic mass is 9.86. The Hall–Kier alpha value is -0.940. The molecule has 0 bridgehead atoms. The fourth-order valence-corrected chi connectivity index (χ4v) is 2.17. The van der Waals surface area contributed by atoms with Gasteiger partial charge in [0.25, 0.3) is 0 Å². The van der Waals surface area contributed by atoms with E-state index >= 15 is 0 Å². The number of aromatic nitrogens is 3. The predicted molar refractivity (Wildman–Crippen MR) is 74.4 cm³/mol. The molecule has 1 aromatic heterocycles. The summed E-state index contributed by atoms with van der Waals surface area (Å²) in [6.45, 7) is 7.43. The summed E-state index contributed by atoms with van der Waals surface area (Å²) < 4.78 is 1.96. The van der Waals surface area contributed by atoms with Crippen molar-refractivity contribution in [1.82, 2.24) is 19.7 Å². The molecular formula is C13H27N5. The first-order valence-electron chi connectivity index (χ1n) is 6.75. The molecule has 104 valence electrons. The minimum Gasteiger partial charge on any atom is -0.326 e. The molecule has 1 aromatic rings. The van der Waals surface area contributed by atoms with Gasteiger partial charge >= 0.3 is 0 Å². The Bertz CT molecular complexity index is 360. The number of nitrogens with two attached hydrogens (primary N) is 1. The quantitative estimate of drug-likeness (QED) is 0.795. The van der Waals surface area contributed by atoms with Gasteiger partial charge < -0.3 is 10.6 Å². The van der Waals surface area contributed by atoms with Crippen LogP contribution in [-0.2, 0) is 13.0 Å². The highest BCUT2D eigenvalue weighted by atomic mass is 15.3. The van der Waals surface area contributed by atoms with Crippen LogP contribution in [-0.4, -0.2) is 45.3 Å². The van der Waals surface area contributed by atoms with Gasteiger partial charge in [0.1, 0.15) is 12.2 Å². The average molecular weight is 253 g/mol. The molecule has 2 unspecified atom stereocenters. The first-order chi connectivity index (χ1) is 8.45. The number of hydrogen-bond donors (Lipinski definition) is 1. The highest BCUT2D eigenvalue weighted by Gasteiger charge is 2.33. The summed E-state index contributed by atoms with van der Waals surface area (Å²) in [6.07, 6.45) is 4.46. The van der Waals surface area contributed by atoms with Gasteiger partial charge in [-0.25, -0.2) is 4.98 Å². The molecule has 0 aromatic carbocycles. The Labute approximate surface area is 110 Å². The third-order valence-corrected chi connectivity index (χ3v) is 4.07. The molecule has 0 aliphatic heterocycles. The van der Waals surface area contributed by atoms with Crippen LogP contribution in [0.1, 0.15) is 39.4 Å². The van der Waals surface area contributed by atoms with E-state index in [9.17, 15) is 0 Å². The van der Waals surface area contributed by atoms with Crippen molar-refractivity contribution in [1.29, 1.82) is 0 Å². The van der Waals surface area contributed by atoms with Gasteiger partial charge in [0, 0.05) is 24.5 Å². The molecule has 2 atom stereocenters. The summed E-state index contributed by atoms with van der Waals surface area (Å²) in [5, 5.41) is 4.25. The molecule has 0 aliphatic rings. The summed E-state index contributed by atoms with van der Waals surface area (Å²) in [5.41, 5.74) is 6.39. The first kappa shape index (κ1) is 15.1. The molecule has 0 amide bonds. The number of hydrogen-bond acceptors (Lipinski definition) is 4. The van der Waals surface area contributed by atoms with E-state index in [1.54, 1.807) is 6.33 Å². The molecule has 5 nitrogen and oxygen atoms in total. The van der Waals surface area contributed by atoms with Crippen LogP contribution >= 0.6 is 0 Å². The predicted octanol–water partition coefficient (Wildman–Crippen LogP) is 1.29. The molecule has 0 fully saturated rings. The van der Waals surface area contributed by atoms with Crippen molar-refractivity contribution >= 4 is 0 Å². The maximum Gasteiger partial charge on any atom is 0.138 e. The second kappa shape index (κ2) is 6.29. The summed E-state index contributed by atoms with van der Waals surface area (Å²) in [6, 6.07) is 0.0531. The molecule has 18 heavy (non-hydrogen) atoms. The topological polar surface area (TPSA) is 60.0 Å². The van der Waals surface area contributed by atoms with Crippen molar-refractivity contribution in [2.45, 2.75) is 58.2 Å². The van der Waals surface area contributed by atoms with Gasteiger partial charge in [0.2, 0.25) is 0 Å². The van der Waals surface area contributed by atoms with Crippen molar-refractivity contribution < 1.29 is 0 Å². The van der Waals surface area contributed by atoms with Gasteiger partial charge in [-0.05, 0) is 33.9 Å². The van der Waals surface area contributed by atoms with E-state index in [-0.39, 0.29) is 11.6 Å². The third-order valence-electron chi connectivity index (χ3n) is 4.07. The van der Waals surface area contributed by atoms with E-state index < -0.39 is 0 Å². The zero-order chi connectivity index (χ0) is 13.8. The van der Waals surface area contributed by atoms with Crippen LogP contribution < -0.4 is 5.73 Å². The van der Waals surface area contributed by atoms with Crippen LogP contribution in [0.3, 0.4) is 0 Å². The first-order valence-corrected chi connectivity index (χ1v) is 6.75. The van der Waals surface area contributed by atoms with Gasteiger partial charge in [-0.3, -0.25) is 4.68 Å². The molecule has 2 N–H and O–H groups in total. The lowest BCUT2D eigenvalue weighted by Crippen LogP contribution is -2.56. The van der Waals surface area contributed by atoms with Crippen LogP contribution in [0.15, 0.2) is 6.33 Å². The van der Waals surface area contributed by atoms with Crippen molar-refractivity contribution in [2.75, 3.05) is 14.1 Å². The summed E-state index contributed by atoms with van der Waals surface area (Å²) >= 11 is 0. The Morgan fingerprint density at radius 2 is 2.11 bits per heavy atom. The maximum absolute atomic E-state index is 6.40. The lowest BCUT2D eigenvalue weighted by Gasteiger charge is -2.40. The van der Waals surface area contributed by atoms with E-state index in [0.29, 0.717) is 0 Å². The van der Waals surface area contributed by atoms with Crippen LogP contribution in [0.2, 0.25) is 0 Å². The number of nitrogens with zero attached hydrogens (tertiary/aromatic N) is 4. The van der Waals surface area contributed by atoms with Crippen molar-refractivity contribution in [3.8, 4) is 0 Å². The van der Waals surface area contributed by atoms with Gasteiger partial charge in [0.15, 0.2) is 0 Å². The minimum atomic E-state index is -0.0109. The molecular weight excluding hydrogens is 226 g/mol. The molecule has 1 rings (SSSR count). The van der Waals surface area contributed by atoms with Gasteiger partial charge in [0.05, 0.1) is 0 Å². The number of likely N-dealkylation sites (N-methyl/N-ethyl adjacent to an activating group) is 1. The van der Waals surface area contributed by atoms with Gasteiger partial charge in [-0.15, -0.1) is 0 Å². The van der Waals surface area contributed by atoms with E-state index in [4.69, 9.17) is 5.73 Å². The van der Waals surface area contributed by atoms with E-state index in [0.717, 1.165) is 31.6 Å². The second-order valence-electron chi connectivity index (χ2n) is 5.32.